The molecular formula is C17H22N2O3. The van der Waals surface area contributed by atoms with E-state index in [0.29, 0.717) is 19.7 Å². The second-order valence-electron chi connectivity index (χ2n) is 5.11. The molecule has 0 fully saturated rings. The number of furan rings is 1. The van der Waals surface area contributed by atoms with Crippen LogP contribution in [0.1, 0.15) is 23.3 Å². The lowest BCUT2D eigenvalue weighted by Crippen LogP contribution is -2.35. The van der Waals surface area contributed by atoms with E-state index in [-0.39, 0.29) is 6.03 Å². The summed E-state index contributed by atoms with van der Waals surface area (Å²) in [6.45, 7) is 5.59. The Bertz CT molecular complexity index is 574. The second kappa shape index (κ2) is 8.12. The lowest BCUT2D eigenvalue weighted by Gasteiger charge is -2.12. The highest BCUT2D eigenvalue weighted by Gasteiger charge is 2.04. The summed E-state index contributed by atoms with van der Waals surface area (Å²) in [4.78, 5) is 11.6. The van der Waals surface area contributed by atoms with Gasteiger partial charge in [0.25, 0.3) is 0 Å². The summed E-state index contributed by atoms with van der Waals surface area (Å²) in [6.07, 6.45) is 2.34. The van der Waals surface area contributed by atoms with Crippen LogP contribution in [0.4, 0.5) is 4.79 Å². The van der Waals surface area contributed by atoms with Crippen LogP contribution in [-0.4, -0.2) is 19.2 Å². The lowest BCUT2D eigenvalue weighted by molar-refractivity contribution is 0.237. The van der Waals surface area contributed by atoms with Crippen molar-refractivity contribution in [2.75, 3.05) is 13.2 Å². The zero-order valence-electron chi connectivity index (χ0n) is 13.0. The van der Waals surface area contributed by atoms with E-state index in [0.717, 1.165) is 29.1 Å². The first-order valence-corrected chi connectivity index (χ1v) is 7.40. The minimum atomic E-state index is -0.205. The number of urea groups is 1. The first kappa shape index (κ1) is 15.9. The number of carbonyl (C=O) groups excluding carboxylic acids is 1. The molecule has 0 saturated carbocycles. The van der Waals surface area contributed by atoms with E-state index < -0.39 is 0 Å². The molecular weight excluding hydrogens is 280 g/mol. The zero-order chi connectivity index (χ0) is 15.8. The van der Waals surface area contributed by atoms with Crippen LogP contribution in [0.15, 0.2) is 41.0 Å². The van der Waals surface area contributed by atoms with Crippen molar-refractivity contribution in [3.05, 3.63) is 53.5 Å². The van der Waals surface area contributed by atoms with E-state index in [1.165, 1.54) is 0 Å². The van der Waals surface area contributed by atoms with Gasteiger partial charge in [0.2, 0.25) is 0 Å². The van der Waals surface area contributed by atoms with Crippen molar-refractivity contribution in [1.29, 1.82) is 0 Å². The Balaban J connectivity index is 1.60. The monoisotopic (exact) mass is 302 g/mol. The van der Waals surface area contributed by atoms with Crippen LogP contribution in [0.3, 0.4) is 0 Å². The van der Waals surface area contributed by atoms with Crippen LogP contribution in [0.5, 0.6) is 5.75 Å². The van der Waals surface area contributed by atoms with Crippen molar-refractivity contribution in [2.45, 2.75) is 26.8 Å². The molecule has 1 aromatic carbocycles. The third-order valence-electron chi connectivity index (χ3n) is 3.27. The number of hydrogen-bond acceptors (Lipinski definition) is 3. The Kier molecular flexibility index (Phi) is 5.89. The average molecular weight is 302 g/mol. The molecule has 2 aromatic rings. The molecule has 0 bridgehead atoms. The Morgan fingerprint density at radius 3 is 2.59 bits per heavy atom. The molecule has 118 valence electrons. The molecule has 0 aliphatic carbocycles. The molecule has 0 atom stereocenters. The maximum Gasteiger partial charge on any atom is 0.315 e. The van der Waals surface area contributed by atoms with Gasteiger partial charge in [-0.2, -0.15) is 0 Å². The Hall–Kier alpha value is -2.43. The van der Waals surface area contributed by atoms with Crippen molar-refractivity contribution in [2.24, 2.45) is 0 Å². The van der Waals surface area contributed by atoms with Gasteiger partial charge in [-0.1, -0.05) is 18.2 Å². The molecule has 2 rings (SSSR count). The number of hydrogen-bond donors (Lipinski definition) is 2. The van der Waals surface area contributed by atoms with Crippen molar-refractivity contribution in [3.63, 3.8) is 0 Å². The molecule has 0 spiro atoms. The minimum absolute atomic E-state index is 0.205. The maximum atomic E-state index is 11.6. The summed E-state index contributed by atoms with van der Waals surface area (Å²) in [6, 6.07) is 9.48. The number of benzene rings is 1. The molecule has 5 heteroatoms. The number of aryl methyl sites for hydroxylation is 2. The molecule has 0 aliphatic rings. The van der Waals surface area contributed by atoms with Crippen molar-refractivity contribution >= 4 is 6.03 Å². The van der Waals surface area contributed by atoms with Crippen molar-refractivity contribution in [3.8, 4) is 5.75 Å². The van der Waals surface area contributed by atoms with Gasteiger partial charge in [0.15, 0.2) is 0 Å². The van der Waals surface area contributed by atoms with Gasteiger partial charge in [0.1, 0.15) is 11.5 Å². The quantitative estimate of drug-likeness (QED) is 0.772. The number of amides is 2. The molecule has 2 N–H and O–H groups in total. The van der Waals surface area contributed by atoms with E-state index in [1.54, 1.807) is 12.3 Å². The van der Waals surface area contributed by atoms with E-state index >= 15 is 0 Å². The van der Waals surface area contributed by atoms with E-state index in [4.69, 9.17) is 9.15 Å². The lowest BCUT2D eigenvalue weighted by atomic mass is 10.1. The summed E-state index contributed by atoms with van der Waals surface area (Å²) in [5.74, 6) is 1.67. The number of nitrogens with one attached hydrogen (secondary N) is 2. The molecule has 0 unspecified atom stereocenters. The van der Waals surface area contributed by atoms with Gasteiger partial charge < -0.3 is 19.8 Å². The van der Waals surface area contributed by atoms with Gasteiger partial charge in [0.05, 0.1) is 19.4 Å². The van der Waals surface area contributed by atoms with Gasteiger partial charge in [0, 0.05) is 6.54 Å². The predicted octanol–water partition coefficient (Wildman–Crippen LogP) is 3.16. The fourth-order valence-corrected chi connectivity index (χ4v) is 2.12. The topological polar surface area (TPSA) is 63.5 Å². The van der Waals surface area contributed by atoms with Crippen LogP contribution < -0.4 is 15.4 Å². The van der Waals surface area contributed by atoms with Crippen LogP contribution >= 0.6 is 0 Å². The minimum Gasteiger partial charge on any atom is -0.493 e. The van der Waals surface area contributed by atoms with Gasteiger partial charge in [-0.3, -0.25) is 0 Å². The Labute approximate surface area is 130 Å². The second-order valence-corrected chi connectivity index (χ2v) is 5.11. The van der Waals surface area contributed by atoms with E-state index in [1.807, 2.05) is 38.1 Å². The molecule has 5 nitrogen and oxygen atoms in total. The molecule has 1 aromatic heterocycles. The van der Waals surface area contributed by atoms with E-state index in [2.05, 4.69) is 10.6 Å². The van der Waals surface area contributed by atoms with Gasteiger partial charge in [-0.15, -0.1) is 0 Å². The fraction of sp³-hybridized carbons (Fsp3) is 0.353. The summed E-state index contributed by atoms with van der Waals surface area (Å²) in [5, 5.41) is 5.52. The van der Waals surface area contributed by atoms with Crippen LogP contribution in [0, 0.1) is 13.8 Å². The van der Waals surface area contributed by atoms with Gasteiger partial charge >= 0.3 is 6.03 Å². The first-order valence-electron chi connectivity index (χ1n) is 7.40. The van der Waals surface area contributed by atoms with Gasteiger partial charge in [-0.05, 0) is 43.5 Å². The molecule has 0 saturated heterocycles. The van der Waals surface area contributed by atoms with Crippen molar-refractivity contribution in [1.82, 2.24) is 10.6 Å². The average Bonchev–Trinajstić information content (AvgIpc) is 3.01. The molecule has 22 heavy (non-hydrogen) atoms. The molecule has 0 radical (unpaired) electrons. The summed E-state index contributed by atoms with van der Waals surface area (Å²) >= 11 is 0. The summed E-state index contributed by atoms with van der Waals surface area (Å²) in [5.41, 5.74) is 2.26. The molecule has 1 heterocycles. The maximum absolute atomic E-state index is 11.6. The number of ether oxygens (including phenoxy) is 1. The highest BCUT2D eigenvalue weighted by molar-refractivity contribution is 5.73. The van der Waals surface area contributed by atoms with Crippen LogP contribution in [0.25, 0.3) is 0 Å². The van der Waals surface area contributed by atoms with Gasteiger partial charge in [-0.25, -0.2) is 4.79 Å². The molecule has 2 amide bonds. The van der Waals surface area contributed by atoms with E-state index in [9.17, 15) is 4.79 Å². The Morgan fingerprint density at radius 2 is 1.91 bits per heavy atom. The predicted molar refractivity (Wildman–Crippen MR) is 85.0 cm³/mol. The number of carbonyl (C=O) groups is 1. The third-order valence-corrected chi connectivity index (χ3v) is 3.27. The number of rotatable bonds is 7. The first-order chi connectivity index (χ1) is 10.7. The largest absolute Gasteiger partial charge is 0.493 e. The normalized spacial score (nSPS) is 10.3. The summed E-state index contributed by atoms with van der Waals surface area (Å²) < 4.78 is 10.9. The smallest absolute Gasteiger partial charge is 0.315 e. The highest BCUT2D eigenvalue weighted by atomic mass is 16.5. The number of para-hydroxylation sites is 1. The van der Waals surface area contributed by atoms with Crippen molar-refractivity contribution < 1.29 is 13.9 Å². The standard InChI is InChI=1S/C17H22N2O3/c1-13-6-3-7-14(2)16(13)22-11-5-9-18-17(20)19-12-15-8-4-10-21-15/h3-4,6-8,10H,5,9,11-12H2,1-2H3,(H2,18,19,20). The third kappa shape index (κ3) is 4.84. The highest BCUT2D eigenvalue weighted by Crippen LogP contribution is 2.22. The summed E-state index contributed by atoms with van der Waals surface area (Å²) in [7, 11) is 0. The fourth-order valence-electron chi connectivity index (χ4n) is 2.12. The molecule has 0 aliphatic heterocycles. The van der Waals surface area contributed by atoms with Crippen LogP contribution in [0.2, 0.25) is 0 Å². The SMILES string of the molecule is Cc1cccc(C)c1OCCCNC(=O)NCc1ccco1. The zero-order valence-corrected chi connectivity index (χ0v) is 13.0. The Morgan fingerprint density at radius 1 is 1.14 bits per heavy atom. The van der Waals surface area contributed by atoms with Crippen LogP contribution in [-0.2, 0) is 6.54 Å².